The predicted molar refractivity (Wildman–Crippen MR) is 528 cm³/mol. The molecule has 0 saturated heterocycles. The van der Waals surface area contributed by atoms with Gasteiger partial charge in [0.15, 0.2) is 120 Å². The molecule has 668 valence electrons. The topological polar surface area (TPSA) is 691 Å². The Morgan fingerprint density at radius 2 is 0.719 bits per heavy atom. The van der Waals surface area contributed by atoms with Crippen molar-refractivity contribution < 1.29 is 196 Å². The third kappa shape index (κ3) is 24.2. The van der Waals surface area contributed by atoms with E-state index in [9.17, 15) is 129 Å². The maximum absolute atomic E-state index is 14.8. The van der Waals surface area contributed by atoms with Crippen molar-refractivity contribution >= 4 is 379 Å². The Labute approximate surface area is 732 Å². The summed E-state index contributed by atoms with van der Waals surface area (Å²) >= 11 is 0. The summed E-state index contributed by atoms with van der Waals surface area (Å²) in [6.07, 6.45) is 0.665. The van der Waals surface area contributed by atoms with E-state index in [-0.39, 0.29) is 29.4 Å². The Morgan fingerprint density at radius 3 is 1.04 bits per heavy atom. The average molecular weight is 2340 g/mol. The highest BCUT2D eigenvalue weighted by atomic mass is 30.5. The van der Waals surface area contributed by atoms with Crippen LogP contribution in [0.2, 0.25) is 58.4 Å². The van der Waals surface area contributed by atoms with E-state index in [1.807, 2.05) is 6.92 Å². The van der Waals surface area contributed by atoms with Crippen LogP contribution in [0.1, 0.15) is 33.6 Å². The highest BCUT2D eigenvalue weighted by Gasteiger charge is 3.00. The zero-order chi connectivity index (χ0) is 87.5. The molecule has 0 aliphatic heterocycles. The first-order chi connectivity index (χ1) is 53.4. The molecule has 0 aliphatic carbocycles. The molecule has 2 rings (SSSR count). The van der Waals surface area contributed by atoms with E-state index in [2.05, 4.69) is 0 Å². The van der Waals surface area contributed by atoms with Crippen LogP contribution in [-0.4, -0.2) is 500 Å². The molecule has 0 aliphatic rings. The van der Waals surface area contributed by atoms with E-state index in [1.54, 1.807) is 57.3 Å². The van der Waals surface area contributed by atoms with Gasteiger partial charge in [0.2, 0.25) is 73.9 Å². The first-order valence-corrected chi connectivity index (χ1v) is 141. The van der Waals surface area contributed by atoms with Crippen LogP contribution in [0.25, 0.3) is 0 Å². The molecule has 0 fully saturated rings. The molecule has 0 aromatic heterocycles. The van der Waals surface area contributed by atoms with Crippen molar-refractivity contribution in [3.63, 3.8) is 0 Å². The van der Waals surface area contributed by atoms with Gasteiger partial charge in [-0.25, -0.2) is 0 Å². The zero-order valence-corrected chi connectivity index (χ0v) is 118. The lowest BCUT2D eigenvalue weighted by molar-refractivity contribution is -0.154. The minimum atomic E-state index is -8.04. The largest absolute Gasteiger partial charge is 0.465 e. The Kier molecular flexibility index (Phi) is 51.3. The highest BCUT2D eigenvalue weighted by molar-refractivity contribution is 8.24. The van der Waals surface area contributed by atoms with Crippen LogP contribution in [0.15, 0.2) is 60.7 Å². The van der Waals surface area contributed by atoms with Gasteiger partial charge in [0, 0.05) is 0 Å². The van der Waals surface area contributed by atoms with E-state index in [0.29, 0.717) is 6.42 Å². The molecule has 5 atom stereocenters. The second-order valence-corrected chi connectivity index (χ2v) is 268. The van der Waals surface area contributed by atoms with Crippen LogP contribution in [0.5, 0.6) is 0 Å². The number of carbonyl (C=O) groups excluding carboxylic acids is 1. The third-order valence-electron chi connectivity index (χ3n) is 20.7. The van der Waals surface area contributed by atoms with Crippen LogP contribution in [-0.2, 0) is 71.3 Å². The van der Waals surface area contributed by atoms with Gasteiger partial charge in [-0.05, 0) is 77.2 Å². The van der Waals surface area contributed by atoms with Crippen molar-refractivity contribution in [3.05, 3.63) is 60.7 Å². The van der Waals surface area contributed by atoms with Gasteiger partial charge in [-0.15, -0.1) is 0 Å². The third-order valence-corrected chi connectivity index (χ3v) is 448. The molecule has 0 spiro atoms. The molecular formula is C29H126O43Si42. The van der Waals surface area contributed by atoms with Crippen LogP contribution in [0.3, 0.4) is 0 Å². The number of hydrogen-bond acceptors (Lipinski definition) is 43. The lowest BCUT2D eigenvalue weighted by Gasteiger charge is -2.71. The quantitative estimate of drug-likeness (QED) is 0.0166. The molecule has 85 heteroatoms. The monoisotopic (exact) mass is 2340 g/mol. The van der Waals surface area contributed by atoms with Gasteiger partial charge in [0.05, 0.1) is 12.0 Å². The molecule has 26 N–H and O–H groups in total. The summed E-state index contributed by atoms with van der Waals surface area (Å²) in [5, 5.41) is 0.139. The molecule has 43 nitrogen and oxygen atoms in total. The molecule has 0 amide bonds. The van der Waals surface area contributed by atoms with E-state index < -0.39 is 374 Å². The van der Waals surface area contributed by atoms with Crippen molar-refractivity contribution in [2.45, 2.75) is 92.0 Å². The Morgan fingerprint density at radius 1 is 0.386 bits per heavy atom. The van der Waals surface area contributed by atoms with E-state index in [0.717, 1.165) is 6.55 Å². The van der Waals surface area contributed by atoms with Crippen LogP contribution in [0.4, 0.5) is 0 Å². The minimum Gasteiger partial charge on any atom is -0.465 e. The summed E-state index contributed by atoms with van der Waals surface area (Å²) in [4.78, 5) is 354. The van der Waals surface area contributed by atoms with E-state index in [1.165, 1.54) is 63.1 Å². The number of hydrogen-bond donors (Lipinski definition) is 26. The zero-order valence-electron chi connectivity index (χ0n) is 66.2. The second-order valence-electron chi connectivity index (χ2n) is 29.2. The number of benzene rings is 2. The molecule has 0 saturated carbocycles. The average Bonchev–Trinajstić information content (AvgIpc) is 0.636. The molecular weight excluding hydrogens is 2220 g/mol. The van der Waals surface area contributed by atoms with Gasteiger partial charge < -0.3 is 191 Å². The summed E-state index contributed by atoms with van der Waals surface area (Å²) in [6.45, 7) is -35.1. The fourth-order valence-corrected chi connectivity index (χ4v) is 759. The second kappa shape index (κ2) is 50.7. The lowest BCUT2D eigenvalue weighted by Crippen LogP contribution is -3.14. The van der Waals surface area contributed by atoms with E-state index in [4.69, 9.17) is 66.5 Å². The fraction of sp³-hybridized carbons (Fsp3) is 0.552. The standard InChI is InChI=1S/C29H126O43Si42/c1-12-29(2,3)28(30)57-24-19-25-98(5,6)65-97(4)66-100(9,10)67-106(113(109(89-47,90-48)62-77-35,110(91-49,92-50)63-78-36)70-103(81-39,82-40)58-73-31,72-105(107(85-43,86-44)60-75-33,108(87-45,88-46)61-76-34)69-102(56,80-38)99(7,8)26-20-15-13-16-21-26)114(111(93-51,94-52)64-79-37,71-104(83-41,84-42)59-74-32)112(95-53,96-54)68-101(11,55)27-22-17-14-18-23-27/h13-18,20-23,31-56,97H,12,19,24-25,73-96H2,1-11H3. The number of ether oxygens (including phenoxy) is 1. The first-order valence-electron chi connectivity index (χ1n) is 35.8. The summed E-state index contributed by atoms with van der Waals surface area (Å²) in [7, 11) is -143. The van der Waals surface area contributed by atoms with Crippen LogP contribution >= 0.6 is 0 Å². The summed E-state index contributed by atoms with van der Waals surface area (Å²) in [5.74, 6) is -0.477. The number of esters is 1. The molecule has 0 radical (unpaired) electrons. The minimum absolute atomic E-state index is 0.0758. The Bertz CT molecular complexity index is 3030. The van der Waals surface area contributed by atoms with Crippen molar-refractivity contribution in [1.29, 1.82) is 0 Å². The molecule has 5 unspecified atom stereocenters. The summed E-state index contributed by atoms with van der Waals surface area (Å²) < 4.78 is 117. The molecule has 2 aromatic rings. The van der Waals surface area contributed by atoms with Gasteiger partial charge >= 0.3 is 61.1 Å². The van der Waals surface area contributed by atoms with Gasteiger partial charge in [-0.2, -0.15) is 0 Å². The number of rotatable bonds is 64. The number of carbonyl (C=O) groups is 1. The molecule has 2 aromatic carbocycles. The highest BCUT2D eigenvalue weighted by Crippen LogP contribution is 2.55. The fourth-order valence-electron chi connectivity index (χ4n) is 13.8. The molecule has 0 heterocycles. The van der Waals surface area contributed by atoms with Crippen molar-refractivity contribution in [2.75, 3.05) is 6.61 Å². The summed E-state index contributed by atoms with van der Waals surface area (Å²) in [6, 6.07) is 15.1. The van der Waals surface area contributed by atoms with Gasteiger partial charge in [-0.3, -0.25) is 4.79 Å². The van der Waals surface area contributed by atoms with Gasteiger partial charge in [0.1, 0.15) is 7.59 Å². The molecule has 114 heavy (non-hydrogen) atoms. The molecule has 0 bridgehead atoms. The smallest absolute Gasteiger partial charge is 0.356 e. The van der Waals surface area contributed by atoms with Crippen molar-refractivity contribution in [2.24, 2.45) is 5.41 Å². The SMILES string of the molecule is CCC(C)(C)C(=O)OCCC[Si](C)(C)O[SiH](C)O[Si](C)(C)O[Si](O[Si](O[Si](O)([SiH2]O)[Si](C)(C)c1ccccc1)([Si](O[SiH2]O)([SiH2]O)[SiH2]O)[Si](O[SiH2]O)([SiH2]O)[SiH2]O)([Si](O[Si](O[SiH2]O)([SiH2]O)[SiH2]O)([Si](O[SiH2]O)([SiH2]O)[SiH2]O)[Si](O[SiH2]O)([SiH2]O)[SiH2]O)[Si](O[Si](O[SiH2]O)([SiH2]O)[SiH2]O)([Si](O[SiH2]O)([SiH2]O)[SiH2]O)[Si](O[Si](C)(O)c1ccccc1)([SiH2]O)[SiH2]O. The van der Waals surface area contributed by atoms with Crippen LogP contribution in [0, 0.1) is 5.41 Å². The van der Waals surface area contributed by atoms with Gasteiger partial charge in [0.25, 0.3) is 107 Å². The van der Waals surface area contributed by atoms with Crippen LogP contribution < -0.4 is 10.4 Å². The summed E-state index contributed by atoms with van der Waals surface area (Å²) in [5.41, 5.74) is -0.850. The maximum atomic E-state index is 14.8. The van der Waals surface area contributed by atoms with Crippen molar-refractivity contribution in [3.8, 4) is 0 Å². The maximum Gasteiger partial charge on any atom is 0.356 e. The first kappa shape index (κ1) is 115. The van der Waals surface area contributed by atoms with E-state index >= 15 is 0 Å². The van der Waals surface area contributed by atoms with Crippen molar-refractivity contribution in [1.82, 2.24) is 0 Å². The van der Waals surface area contributed by atoms with Gasteiger partial charge in [-0.1, -0.05) is 85.9 Å². The normalized spacial score (nSPS) is 23.2. The predicted octanol–water partition coefficient (Wildman–Crippen LogP) is -35.9. The Hall–Kier alpha value is 5.38. The Balaban J connectivity index is 5.00. The lowest BCUT2D eigenvalue weighted by atomic mass is 9.91.